The third-order valence-electron chi connectivity index (χ3n) is 11.9. The van der Waals surface area contributed by atoms with E-state index in [1.54, 1.807) is 147 Å². The maximum Gasteiger partial charge on any atom is 0.324 e. The van der Waals surface area contributed by atoms with Crippen molar-refractivity contribution in [3.8, 4) is 42.0 Å². The smallest absolute Gasteiger partial charge is 0.324 e. The molecule has 18 nitrogen and oxygen atoms in total. The van der Waals surface area contributed by atoms with Crippen LogP contribution in [0.4, 0.5) is 32.3 Å². The molecule has 22 heteroatoms. The van der Waals surface area contributed by atoms with Gasteiger partial charge in [-0.05, 0) is 113 Å². The number of nitrogens with zero attached hydrogens (tertiary/aromatic N) is 7. The number of hydrogen-bond donors (Lipinski definition) is 3. The Morgan fingerprint density at radius 2 is 0.915 bits per heavy atom. The van der Waals surface area contributed by atoms with E-state index in [-0.39, 0.29) is 42.4 Å². The number of non-ortho nitro benzene ring substituents is 1. The number of nitro benzene ring substituents is 1. The number of anilines is 3. The summed E-state index contributed by atoms with van der Waals surface area (Å²) in [6.07, 6.45) is 3.25. The van der Waals surface area contributed by atoms with Crippen molar-refractivity contribution in [2.45, 2.75) is 90.4 Å². The minimum Gasteiger partial charge on any atom is -0.399 e. The van der Waals surface area contributed by atoms with E-state index in [2.05, 4.69) is 19.4 Å². The van der Waals surface area contributed by atoms with Crippen LogP contribution in [0.2, 0.25) is 0 Å². The van der Waals surface area contributed by atoms with Crippen LogP contribution in [0.15, 0.2) is 168 Å². The molecule has 0 aliphatic carbocycles. The van der Waals surface area contributed by atoms with E-state index in [1.807, 2.05) is 72.8 Å². The minimum absolute atomic E-state index is 0. The third-order valence-corrected chi connectivity index (χ3v) is 17.7. The number of sulfonamides is 2. The molecule has 0 bridgehead atoms. The second-order valence-corrected chi connectivity index (χ2v) is 26.3. The van der Waals surface area contributed by atoms with Gasteiger partial charge in [0.1, 0.15) is 10.0 Å². The molecule has 8 aromatic rings. The molecule has 2 aromatic heterocycles. The number of nitro groups is 1. The number of thiazole rings is 2. The third kappa shape index (κ3) is 16.6. The van der Waals surface area contributed by atoms with Crippen molar-refractivity contribution in [2.24, 2.45) is 0 Å². The SMILES string of the molecule is C.C.CN(Cc1ccccc1)C(=O)N(C)c1ccc(-c2cnc(-c3ccc(N)cc3)s2)c(S(=O)(=O)NC(C)(C)C)c1.CN(Cc1ccccc1)C(=O)N(C)c1ccc(-c2cnc(-c3ccc([N+](=O)[O-])cc3)s2)c(S(=O)(=O)NC(C)(C)C)c1. The fourth-order valence-electron chi connectivity index (χ4n) is 8.21. The van der Waals surface area contributed by atoms with Crippen LogP contribution in [0.25, 0.3) is 42.0 Å². The highest BCUT2D eigenvalue weighted by atomic mass is 32.2. The van der Waals surface area contributed by atoms with E-state index in [1.165, 1.54) is 50.7 Å². The number of carbonyl (C=O) groups is 2. The zero-order valence-electron chi connectivity index (χ0n) is 46.0. The van der Waals surface area contributed by atoms with Crippen molar-refractivity contribution in [2.75, 3.05) is 43.7 Å². The number of urea groups is 2. The Bertz CT molecular complexity index is 3720. The molecule has 0 unspecified atom stereocenters. The summed E-state index contributed by atoms with van der Waals surface area (Å²) in [7, 11) is -1.31. The van der Waals surface area contributed by atoms with Crippen LogP contribution in [-0.2, 0) is 33.1 Å². The first-order valence-corrected chi connectivity index (χ1v) is 29.6. The number of nitrogens with one attached hydrogen (secondary N) is 2. The second-order valence-electron chi connectivity index (χ2n) is 20.9. The van der Waals surface area contributed by atoms with Gasteiger partial charge in [-0.15, -0.1) is 22.7 Å². The lowest BCUT2D eigenvalue weighted by Gasteiger charge is -2.26. The van der Waals surface area contributed by atoms with Crippen LogP contribution in [0.1, 0.15) is 67.5 Å². The van der Waals surface area contributed by atoms with E-state index < -0.39 is 36.0 Å². The Morgan fingerprint density at radius 3 is 1.26 bits per heavy atom. The van der Waals surface area contributed by atoms with Crippen LogP contribution in [0.3, 0.4) is 0 Å². The van der Waals surface area contributed by atoms with Gasteiger partial charge in [0.05, 0.1) is 24.5 Å². The minimum atomic E-state index is -4.02. The Balaban J connectivity index is 0.000000294. The summed E-state index contributed by atoms with van der Waals surface area (Å²) in [6.45, 7) is 11.4. The summed E-state index contributed by atoms with van der Waals surface area (Å²) in [4.78, 5) is 53.4. The Kier molecular flexibility index (Phi) is 21.2. The van der Waals surface area contributed by atoms with Crippen LogP contribution in [-0.4, -0.2) is 92.9 Å². The normalized spacial score (nSPS) is 11.5. The molecule has 4 amide bonds. The molecule has 0 saturated carbocycles. The highest BCUT2D eigenvalue weighted by Gasteiger charge is 2.30. The quantitative estimate of drug-likeness (QED) is 0.0496. The second kappa shape index (κ2) is 26.8. The van der Waals surface area contributed by atoms with E-state index >= 15 is 0 Å². The summed E-state index contributed by atoms with van der Waals surface area (Å²) >= 11 is 2.65. The van der Waals surface area contributed by atoms with Crippen molar-refractivity contribution in [1.29, 1.82) is 0 Å². The maximum atomic E-state index is 13.6. The lowest BCUT2D eigenvalue weighted by atomic mass is 10.1. The molecule has 0 saturated heterocycles. The lowest BCUT2D eigenvalue weighted by Crippen LogP contribution is -2.41. The van der Waals surface area contributed by atoms with Crippen molar-refractivity contribution in [1.82, 2.24) is 29.2 Å². The van der Waals surface area contributed by atoms with E-state index in [0.29, 0.717) is 61.6 Å². The monoisotopic (exact) mass is 1190 g/mol. The summed E-state index contributed by atoms with van der Waals surface area (Å²) in [5.41, 5.74) is 10.3. The predicted molar refractivity (Wildman–Crippen MR) is 334 cm³/mol. The Labute approximate surface area is 490 Å². The summed E-state index contributed by atoms with van der Waals surface area (Å²) < 4.78 is 60.0. The zero-order valence-corrected chi connectivity index (χ0v) is 49.3. The van der Waals surface area contributed by atoms with Gasteiger partial charge < -0.3 is 15.5 Å². The molecule has 0 spiro atoms. The van der Waals surface area contributed by atoms with Gasteiger partial charge in [0.2, 0.25) is 20.0 Å². The van der Waals surface area contributed by atoms with E-state index in [0.717, 1.165) is 21.7 Å². The van der Waals surface area contributed by atoms with Crippen molar-refractivity contribution < 1.29 is 31.3 Å². The maximum absolute atomic E-state index is 13.6. The molecule has 82 heavy (non-hydrogen) atoms. The van der Waals surface area contributed by atoms with Gasteiger partial charge in [-0.2, -0.15) is 0 Å². The van der Waals surface area contributed by atoms with Gasteiger partial charge in [0.15, 0.2) is 0 Å². The highest BCUT2D eigenvalue weighted by molar-refractivity contribution is 7.90. The molecule has 0 aliphatic heterocycles. The molecule has 0 aliphatic rings. The average molecular weight is 1190 g/mol. The number of nitrogen functional groups attached to an aromatic ring is 1. The average Bonchev–Trinajstić information content (AvgIpc) is 4.12. The molecule has 8 rings (SSSR count). The number of carbonyl (C=O) groups excluding carboxylic acids is 2. The summed E-state index contributed by atoms with van der Waals surface area (Å²) in [6, 6.07) is 42.0. The first-order valence-electron chi connectivity index (χ1n) is 25.0. The van der Waals surface area contributed by atoms with Gasteiger partial charge >= 0.3 is 12.1 Å². The van der Waals surface area contributed by atoms with Gasteiger partial charge in [0.25, 0.3) is 5.69 Å². The zero-order chi connectivity index (χ0) is 58.3. The Hall–Kier alpha value is -7.86. The number of amides is 4. The molecule has 434 valence electrons. The summed E-state index contributed by atoms with van der Waals surface area (Å²) in [5.74, 6) is 0. The van der Waals surface area contributed by atoms with E-state index in [4.69, 9.17) is 5.73 Å². The molecular formula is C60H72N10O8S4. The Morgan fingerprint density at radius 1 is 0.561 bits per heavy atom. The molecule has 4 N–H and O–H groups in total. The van der Waals surface area contributed by atoms with Crippen LogP contribution in [0, 0.1) is 10.1 Å². The highest BCUT2D eigenvalue weighted by Crippen LogP contribution is 2.40. The first kappa shape index (κ1) is 65.0. The van der Waals surface area contributed by atoms with Crippen molar-refractivity contribution in [3.63, 3.8) is 0 Å². The summed E-state index contributed by atoms with van der Waals surface area (Å²) in [5, 5.41) is 12.3. The van der Waals surface area contributed by atoms with Gasteiger partial charge in [-0.1, -0.05) is 87.6 Å². The molecule has 2 heterocycles. The van der Waals surface area contributed by atoms with Gasteiger partial charge in [-0.3, -0.25) is 19.9 Å². The number of aromatic nitrogens is 2. The topological polar surface area (TPSA) is 234 Å². The predicted octanol–water partition coefficient (Wildman–Crippen LogP) is 13.2. The van der Waals surface area contributed by atoms with Gasteiger partial charge in [-0.25, -0.2) is 45.8 Å². The first-order chi connectivity index (χ1) is 37.6. The molecular weight excluding hydrogens is 1120 g/mol. The van der Waals surface area contributed by atoms with Crippen molar-refractivity contribution >= 4 is 77.5 Å². The number of rotatable bonds is 15. The fraction of sp³-hybridized carbons (Fsp3) is 0.267. The van der Waals surface area contributed by atoms with Crippen molar-refractivity contribution in [3.05, 3.63) is 179 Å². The molecule has 6 aromatic carbocycles. The van der Waals surface area contributed by atoms with Crippen LogP contribution in [0.5, 0.6) is 0 Å². The lowest BCUT2D eigenvalue weighted by molar-refractivity contribution is -0.384. The molecule has 0 fully saturated rings. The largest absolute Gasteiger partial charge is 0.399 e. The van der Waals surface area contributed by atoms with E-state index in [9.17, 15) is 36.5 Å². The fourth-order valence-corrected chi connectivity index (χ4v) is 13.6. The van der Waals surface area contributed by atoms with Crippen LogP contribution < -0.4 is 25.0 Å². The number of hydrogen-bond acceptors (Lipinski definition) is 13. The van der Waals surface area contributed by atoms with Crippen LogP contribution >= 0.6 is 22.7 Å². The number of benzene rings is 6. The molecule has 0 radical (unpaired) electrons. The standard InChI is InChI=1S/C29H31N5O5S2.C29H33N5O3S2.2CH4/c1-29(2,3)31-41(38,39)26-17-23(33(5)28(35)32(4)19-20-9-7-6-8-10-20)15-16-24(26)25-18-30-27(40-25)21-11-13-22(14-12-21)34(36)37;1-29(2,3)32-39(36,37)26-17-23(34(5)28(35)33(4)19-20-9-7-6-8-10-20)15-16-24(26)25-18-31-27(38-25)21-11-13-22(30)14-12-21;;/h6-18,31H,19H2,1-5H3;6-18,32H,19,30H2,1-5H3;2*1H4. The van der Waals surface area contributed by atoms with Gasteiger partial charge in [0, 0.05) is 116 Å². The molecule has 0 atom stereocenters. The number of nitrogens with two attached hydrogens (primary N) is 1.